The summed E-state index contributed by atoms with van der Waals surface area (Å²) in [5.41, 5.74) is 2.64. The molecule has 0 bridgehead atoms. The molecule has 1 aliphatic rings. The van der Waals surface area contributed by atoms with Crippen LogP contribution in [0, 0.1) is 5.92 Å². The van der Waals surface area contributed by atoms with Crippen molar-refractivity contribution in [2.24, 2.45) is 13.0 Å². The van der Waals surface area contributed by atoms with E-state index in [4.69, 9.17) is 0 Å². The molecule has 1 aromatic heterocycles. The Morgan fingerprint density at radius 2 is 2.29 bits per heavy atom. The highest BCUT2D eigenvalue weighted by Gasteiger charge is 2.19. The van der Waals surface area contributed by atoms with Gasteiger partial charge in [-0.3, -0.25) is 0 Å². The molecule has 2 heterocycles. The Morgan fingerprint density at radius 1 is 1.41 bits per heavy atom. The van der Waals surface area contributed by atoms with Gasteiger partial charge in [0.2, 0.25) is 0 Å². The summed E-state index contributed by atoms with van der Waals surface area (Å²) in [6, 6.07) is 8.46. The fraction of sp³-hybridized carbons (Fsp3) is 0.417. The number of hydrogen-bond acceptors (Lipinski definition) is 4. The summed E-state index contributed by atoms with van der Waals surface area (Å²) in [7, 11) is 1.80. The Balaban J connectivity index is 1.72. The van der Waals surface area contributed by atoms with E-state index in [2.05, 4.69) is 45.0 Å². The molecule has 3 rings (SSSR count). The summed E-state index contributed by atoms with van der Waals surface area (Å²) in [5.74, 6) is 1.38. The average Bonchev–Trinajstić information content (AvgIpc) is 2.75. The molecule has 0 amide bonds. The van der Waals surface area contributed by atoms with Crippen LogP contribution in [-0.2, 0) is 19.9 Å². The molecule has 5 nitrogen and oxygen atoms in total. The first-order valence-electron chi connectivity index (χ1n) is 5.86. The van der Waals surface area contributed by atoms with Crippen molar-refractivity contribution in [3.8, 4) is 0 Å². The van der Waals surface area contributed by atoms with Gasteiger partial charge in [0.05, 0.1) is 7.05 Å². The zero-order valence-corrected chi connectivity index (χ0v) is 9.80. The number of fused-ring (bicyclic) bond motifs is 1. The Morgan fingerprint density at radius 3 is 3.12 bits per heavy atom. The third kappa shape index (κ3) is 2.13. The van der Waals surface area contributed by atoms with Gasteiger partial charge >= 0.3 is 0 Å². The molecule has 1 aromatic carbocycles. The smallest absolute Gasteiger partial charge is 0.175 e. The van der Waals surface area contributed by atoms with E-state index >= 15 is 0 Å². The topological polar surface area (TPSA) is 55.6 Å². The second kappa shape index (κ2) is 4.16. The number of rotatable bonds is 2. The highest BCUT2D eigenvalue weighted by Crippen LogP contribution is 2.25. The normalized spacial score (nSPS) is 18.5. The minimum atomic E-state index is 0.550. The molecule has 17 heavy (non-hydrogen) atoms. The summed E-state index contributed by atoms with van der Waals surface area (Å²) in [5, 5.41) is 15.6. The first-order chi connectivity index (χ1) is 8.31. The fourth-order valence-corrected chi connectivity index (χ4v) is 2.32. The van der Waals surface area contributed by atoms with Gasteiger partial charge in [0.1, 0.15) is 0 Å². The van der Waals surface area contributed by atoms with Crippen LogP contribution in [-0.4, -0.2) is 26.8 Å². The van der Waals surface area contributed by atoms with E-state index in [0.717, 1.165) is 25.2 Å². The number of nitrogens with one attached hydrogen (secondary N) is 1. The van der Waals surface area contributed by atoms with Gasteiger partial charge in [-0.25, -0.2) is 0 Å². The van der Waals surface area contributed by atoms with Crippen molar-refractivity contribution in [1.29, 1.82) is 0 Å². The predicted octanol–water partition coefficient (Wildman–Crippen LogP) is 1.04. The summed E-state index contributed by atoms with van der Waals surface area (Å²) in [6.07, 6.45) is 1.97. The van der Waals surface area contributed by atoms with E-state index in [1.54, 1.807) is 7.05 Å². The Hall–Kier alpha value is -1.91. The monoisotopic (exact) mass is 229 g/mol. The van der Waals surface area contributed by atoms with Crippen LogP contribution in [0.1, 0.15) is 11.4 Å². The number of anilines is 1. The predicted molar refractivity (Wildman–Crippen MR) is 64.6 cm³/mol. The second-order valence-corrected chi connectivity index (χ2v) is 4.51. The largest absolute Gasteiger partial charge is 0.385 e. The van der Waals surface area contributed by atoms with Crippen LogP contribution < -0.4 is 5.32 Å². The summed E-state index contributed by atoms with van der Waals surface area (Å²) >= 11 is 0. The molecule has 0 fully saturated rings. The lowest BCUT2D eigenvalue weighted by atomic mass is 9.91. The van der Waals surface area contributed by atoms with Crippen LogP contribution in [0.3, 0.4) is 0 Å². The van der Waals surface area contributed by atoms with Gasteiger partial charge in [-0.1, -0.05) is 18.2 Å². The summed E-state index contributed by atoms with van der Waals surface area (Å²) in [4.78, 5) is 1.51. The molecule has 0 spiro atoms. The van der Waals surface area contributed by atoms with Crippen molar-refractivity contribution in [2.75, 3.05) is 11.9 Å². The molecule has 1 atom stereocenters. The molecule has 0 radical (unpaired) electrons. The number of nitrogens with zero attached hydrogens (tertiary/aromatic N) is 4. The minimum absolute atomic E-state index is 0.550. The lowest BCUT2D eigenvalue weighted by molar-refractivity contribution is 0.518. The standard InChI is InChI=1S/C12H15N5/c1-17-15-12(14-16-17)7-9-6-10-4-2-3-5-11(10)13-8-9/h2-5,9,13H,6-8H2,1H3. The van der Waals surface area contributed by atoms with Crippen molar-refractivity contribution in [3.05, 3.63) is 35.7 Å². The van der Waals surface area contributed by atoms with Gasteiger partial charge in [0, 0.05) is 18.7 Å². The van der Waals surface area contributed by atoms with E-state index in [-0.39, 0.29) is 0 Å². The van der Waals surface area contributed by atoms with Crippen molar-refractivity contribution in [1.82, 2.24) is 20.2 Å². The van der Waals surface area contributed by atoms with E-state index in [9.17, 15) is 0 Å². The number of benzene rings is 1. The maximum absolute atomic E-state index is 4.23. The molecule has 88 valence electrons. The number of tetrazole rings is 1. The number of para-hydroxylation sites is 1. The molecule has 1 N–H and O–H groups in total. The maximum Gasteiger partial charge on any atom is 0.175 e. The van der Waals surface area contributed by atoms with Crippen molar-refractivity contribution < 1.29 is 0 Å². The van der Waals surface area contributed by atoms with Crippen LogP contribution in [0.4, 0.5) is 5.69 Å². The van der Waals surface area contributed by atoms with Crippen LogP contribution in [0.15, 0.2) is 24.3 Å². The average molecular weight is 229 g/mol. The second-order valence-electron chi connectivity index (χ2n) is 4.51. The van der Waals surface area contributed by atoms with Gasteiger partial charge in [-0.05, 0) is 29.2 Å². The van der Waals surface area contributed by atoms with E-state index in [1.807, 2.05) is 0 Å². The van der Waals surface area contributed by atoms with Gasteiger partial charge in [0.25, 0.3) is 0 Å². The van der Waals surface area contributed by atoms with Crippen molar-refractivity contribution in [2.45, 2.75) is 12.8 Å². The number of aryl methyl sites for hydroxylation is 1. The Bertz CT molecular complexity index is 519. The van der Waals surface area contributed by atoms with Gasteiger partial charge < -0.3 is 5.32 Å². The molecular formula is C12H15N5. The molecule has 0 saturated carbocycles. The van der Waals surface area contributed by atoms with Crippen LogP contribution in [0.5, 0.6) is 0 Å². The minimum Gasteiger partial charge on any atom is -0.385 e. The van der Waals surface area contributed by atoms with E-state index in [1.165, 1.54) is 16.0 Å². The van der Waals surface area contributed by atoms with E-state index < -0.39 is 0 Å². The Labute approximate surface area is 99.8 Å². The van der Waals surface area contributed by atoms with Crippen LogP contribution in [0.2, 0.25) is 0 Å². The van der Waals surface area contributed by atoms with Crippen molar-refractivity contribution >= 4 is 5.69 Å². The third-order valence-electron chi connectivity index (χ3n) is 3.13. The quantitative estimate of drug-likeness (QED) is 0.836. The molecule has 1 aliphatic heterocycles. The van der Waals surface area contributed by atoms with Crippen molar-refractivity contribution in [3.63, 3.8) is 0 Å². The lowest BCUT2D eigenvalue weighted by Gasteiger charge is -2.25. The number of aromatic nitrogens is 4. The lowest BCUT2D eigenvalue weighted by Crippen LogP contribution is -2.25. The van der Waals surface area contributed by atoms with Gasteiger partial charge in [-0.15, -0.1) is 10.2 Å². The highest BCUT2D eigenvalue weighted by atomic mass is 15.6. The highest BCUT2D eigenvalue weighted by molar-refractivity contribution is 5.53. The third-order valence-corrected chi connectivity index (χ3v) is 3.13. The van der Waals surface area contributed by atoms with E-state index in [0.29, 0.717) is 5.92 Å². The van der Waals surface area contributed by atoms with Crippen LogP contribution in [0.25, 0.3) is 0 Å². The van der Waals surface area contributed by atoms with Gasteiger partial charge in [-0.2, -0.15) is 4.80 Å². The Kier molecular flexibility index (Phi) is 2.51. The first-order valence-corrected chi connectivity index (χ1v) is 5.86. The number of hydrogen-bond donors (Lipinski definition) is 1. The zero-order chi connectivity index (χ0) is 11.7. The molecular weight excluding hydrogens is 214 g/mol. The molecule has 2 aromatic rings. The molecule has 1 unspecified atom stereocenters. The molecule has 0 aliphatic carbocycles. The molecule has 5 heteroatoms. The fourth-order valence-electron chi connectivity index (χ4n) is 2.32. The summed E-state index contributed by atoms with van der Waals surface area (Å²) < 4.78 is 0. The van der Waals surface area contributed by atoms with Gasteiger partial charge in [0.15, 0.2) is 5.82 Å². The molecule has 0 saturated heterocycles. The SMILES string of the molecule is Cn1nnc(CC2CNc3ccccc3C2)n1. The summed E-state index contributed by atoms with van der Waals surface area (Å²) in [6.45, 7) is 0.981. The van der Waals surface area contributed by atoms with Crippen LogP contribution >= 0.6 is 0 Å². The zero-order valence-electron chi connectivity index (χ0n) is 9.80. The first kappa shape index (κ1) is 10.3. The maximum atomic E-state index is 4.23.